The first kappa shape index (κ1) is 45.7. The second-order valence-electron chi connectivity index (χ2n) is 15.9. The van der Waals surface area contributed by atoms with E-state index in [1.54, 1.807) is 0 Å². The monoisotopic (exact) mass is 917 g/mol. The van der Waals surface area contributed by atoms with Crippen molar-refractivity contribution in [2.24, 2.45) is 0 Å². The van der Waals surface area contributed by atoms with Crippen LogP contribution in [0.15, 0.2) is 140 Å². The van der Waals surface area contributed by atoms with Crippen LogP contribution in [0.1, 0.15) is 99.6 Å². The van der Waals surface area contributed by atoms with Gasteiger partial charge in [0.2, 0.25) is 0 Å². The van der Waals surface area contributed by atoms with Crippen LogP contribution in [0.25, 0.3) is 54.9 Å². The van der Waals surface area contributed by atoms with Gasteiger partial charge in [0, 0.05) is 0 Å². The second kappa shape index (κ2) is 21.8. The van der Waals surface area contributed by atoms with Gasteiger partial charge in [-0.1, -0.05) is 160 Å². The van der Waals surface area contributed by atoms with Crippen LogP contribution in [-0.4, -0.2) is 9.52 Å². The topological polar surface area (TPSA) is 0 Å². The van der Waals surface area contributed by atoms with E-state index in [9.17, 15) is 0 Å². The minimum absolute atomic E-state index is 0.627. The number of rotatable bonds is 8. The molecule has 4 heteroatoms. The molecule has 306 valence electrons. The van der Waals surface area contributed by atoms with Crippen LogP contribution in [0.4, 0.5) is 0 Å². The van der Waals surface area contributed by atoms with Crippen LogP contribution in [0.5, 0.6) is 0 Å². The zero-order chi connectivity index (χ0) is 42.8. The third-order valence-corrected chi connectivity index (χ3v) is 13.7. The van der Waals surface area contributed by atoms with Gasteiger partial charge >= 0.3 is 37.9 Å². The van der Waals surface area contributed by atoms with Crippen molar-refractivity contribution in [1.82, 2.24) is 0 Å². The molecule has 0 nitrogen and oxygen atoms in total. The van der Waals surface area contributed by atoms with E-state index in [2.05, 4.69) is 195 Å². The van der Waals surface area contributed by atoms with E-state index in [0.29, 0.717) is 11.8 Å². The van der Waals surface area contributed by atoms with Crippen molar-refractivity contribution in [3.63, 3.8) is 0 Å². The first-order chi connectivity index (χ1) is 29.2. The van der Waals surface area contributed by atoms with Crippen LogP contribution < -0.4 is 10.4 Å². The van der Waals surface area contributed by atoms with E-state index >= 15 is 0 Å². The molecule has 0 N–H and O–H groups in total. The summed E-state index contributed by atoms with van der Waals surface area (Å²) < 4.78 is 0. The number of hydrogen-bond donors (Lipinski definition) is 0. The molecule has 0 amide bonds. The average molecular weight is 920 g/mol. The van der Waals surface area contributed by atoms with Gasteiger partial charge in [0.25, 0.3) is 0 Å². The molecule has 8 aromatic carbocycles. The first-order valence-electron chi connectivity index (χ1n) is 21.6. The predicted molar refractivity (Wildman–Crippen MR) is 263 cm³/mol. The van der Waals surface area contributed by atoms with Crippen molar-refractivity contribution in [2.75, 3.05) is 0 Å². The Bertz CT molecular complexity index is 2460. The molecule has 0 aliphatic carbocycles. The molecule has 1 aliphatic rings. The van der Waals surface area contributed by atoms with Crippen LogP contribution in [0.2, 0.25) is 0 Å². The van der Waals surface area contributed by atoms with E-state index in [-0.39, 0.29) is 0 Å². The van der Waals surface area contributed by atoms with Crippen LogP contribution in [0, 0.1) is 19.9 Å². The molecule has 1 heterocycles. The summed E-state index contributed by atoms with van der Waals surface area (Å²) in [4.78, 5) is 0. The molecule has 8 aromatic rings. The minimum atomic E-state index is -0.826. The average Bonchev–Trinajstić information content (AvgIpc) is 4.02. The van der Waals surface area contributed by atoms with Gasteiger partial charge in [0.15, 0.2) is 0 Å². The Balaban J connectivity index is 0.000000150. The number of benzene rings is 6. The SMILES string of the molecule is CCc1ccc2[cH-]c(C(C)CC)cc2c1-c1ccccc1C.CCc1ccc2[cH-]c(C(C)CC)cc2c1-c1ccccc1C.[Cl][Zr][Cl].[c-]1cccc2c1[Si]c1ccccc1-2. The molecule has 2 unspecified atom stereocenters. The Morgan fingerprint density at radius 1 is 0.567 bits per heavy atom. The summed E-state index contributed by atoms with van der Waals surface area (Å²) in [5.74, 6) is 1.25. The molecule has 0 bridgehead atoms. The van der Waals surface area contributed by atoms with Gasteiger partial charge in [-0.3, -0.25) is 0 Å². The fourth-order valence-electron chi connectivity index (χ4n) is 8.40. The molecule has 0 saturated heterocycles. The van der Waals surface area contributed by atoms with E-state index in [1.807, 2.05) is 6.07 Å². The molecule has 0 saturated carbocycles. The maximum absolute atomic E-state index is 4.93. The molecular weight excluding hydrogens is 863 g/mol. The minimum Gasteiger partial charge on any atom is -0.184 e. The molecular formula is C56H57Cl2SiZr-3. The zero-order valence-electron chi connectivity index (χ0n) is 36.5. The molecule has 0 aromatic heterocycles. The van der Waals surface area contributed by atoms with Crippen molar-refractivity contribution in [1.29, 1.82) is 0 Å². The molecule has 1 aliphatic heterocycles. The van der Waals surface area contributed by atoms with E-state index in [1.165, 1.54) is 112 Å². The molecule has 9 rings (SSSR count). The number of fused-ring (bicyclic) bond motifs is 5. The van der Waals surface area contributed by atoms with E-state index in [4.69, 9.17) is 17.0 Å². The summed E-state index contributed by atoms with van der Waals surface area (Å²) in [6.45, 7) is 18.1. The predicted octanol–water partition coefficient (Wildman–Crippen LogP) is 15.7. The van der Waals surface area contributed by atoms with E-state index < -0.39 is 20.8 Å². The fourth-order valence-corrected chi connectivity index (χ4v) is 9.71. The fraction of sp³-hybridized carbons (Fsp3) is 0.250. The third-order valence-electron chi connectivity index (χ3n) is 12.3. The summed E-state index contributed by atoms with van der Waals surface area (Å²) in [6.07, 6.45) is 4.53. The Labute approximate surface area is 381 Å². The molecule has 0 spiro atoms. The standard InChI is InChI=1S/2C22H25.C12H7Si.2ClH.Zr/c2*1-5-15(3)19-13-18-12-11-17(6-2)22(21(18)14-19)20-10-8-7-9-16(20)4;1-3-7-11-9(5-1)10-6-2-4-8-12(10)13-11;;;/h2*7-15H,5-6H2,1-4H3;1-7H;2*1H;/q3*-1;;;+2/p-2. The number of hydrogen-bond acceptors (Lipinski definition) is 0. The van der Waals surface area contributed by atoms with Gasteiger partial charge < -0.3 is 0 Å². The van der Waals surface area contributed by atoms with E-state index in [0.717, 1.165) is 22.4 Å². The van der Waals surface area contributed by atoms with Gasteiger partial charge in [-0.15, -0.1) is 74.6 Å². The molecule has 0 fully saturated rings. The third kappa shape index (κ3) is 10.3. The zero-order valence-corrected chi connectivity index (χ0v) is 41.5. The quantitative estimate of drug-likeness (QED) is 0.105. The van der Waals surface area contributed by atoms with Crippen molar-refractivity contribution >= 4 is 58.5 Å². The molecule has 2 radical (unpaired) electrons. The summed E-state index contributed by atoms with van der Waals surface area (Å²) in [5, 5.41) is 8.42. The van der Waals surface area contributed by atoms with Crippen molar-refractivity contribution in [2.45, 2.75) is 92.9 Å². The van der Waals surface area contributed by atoms with Gasteiger partial charge in [0.05, 0.1) is 9.52 Å². The molecule has 60 heavy (non-hydrogen) atoms. The van der Waals surface area contributed by atoms with Crippen LogP contribution in [-0.2, 0) is 33.7 Å². The van der Waals surface area contributed by atoms with Crippen molar-refractivity contribution in [3.8, 4) is 33.4 Å². The van der Waals surface area contributed by atoms with Crippen LogP contribution in [0.3, 0.4) is 0 Å². The Hall–Kier alpha value is -3.78. The van der Waals surface area contributed by atoms with Crippen molar-refractivity contribution in [3.05, 3.63) is 179 Å². The molecule has 2 atom stereocenters. The first-order valence-corrected chi connectivity index (χ1v) is 28.9. The maximum Gasteiger partial charge on any atom is 0.0920 e. The largest absolute Gasteiger partial charge is 0.184 e. The maximum atomic E-state index is 4.93. The van der Waals surface area contributed by atoms with Gasteiger partial charge in [-0.2, -0.15) is 41.6 Å². The Morgan fingerprint density at radius 2 is 1.00 bits per heavy atom. The van der Waals surface area contributed by atoms with Gasteiger partial charge in [-0.05, 0) is 60.8 Å². The second-order valence-corrected chi connectivity index (χ2v) is 21.0. The normalized spacial score (nSPS) is 12.2. The van der Waals surface area contributed by atoms with Gasteiger partial charge in [0.1, 0.15) is 0 Å². The van der Waals surface area contributed by atoms with Crippen molar-refractivity contribution < 1.29 is 20.8 Å². The summed E-state index contributed by atoms with van der Waals surface area (Å²) in [7, 11) is 10.7. The Kier molecular flexibility index (Phi) is 16.6. The Morgan fingerprint density at radius 3 is 1.45 bits per heavy atom. The number of halogens is 2. The summed E-state index contributed by atoms with van der Waals surface area (Å²) in [5.41, 5.74) is 17.0. The van der Waals surface area contributed by atoms with Gasteiger partial charge in [-0.25, -0.2) is 0 Å². The number of aryl methyl sites for hydroxylation is 4. The smallest absolute Gasteiger partial charge is 0.0920 e. The summed E-state index contributed by atoms with van der Waals surface area (Å²) >= 11 is -0.826. The van der Waals surface area contributed by atoms with Crippen LogP contribution >= 0.6 is 17.0 Å². The summed E-state index contributed by atoms with van der Waals surface area (Å²) in [6, 6.07) is 54.5.